The lowest BCUT2D eigenvalue weighted by molar-refractivity contribution is 0.166. The molecule has 0 aromatic heterocycles. The third-order valence-corrected chi connectivity index (χ3v) is 5.19. The number of hydrogen-bond donors (Lipinski definition) is 0. The number of hydrogen-bond acceptors (Lipinski definition) is 5. The van der Waals surface area contributed by atoms with Crippen molar-refractivity contribution in [3.8, 4) is 0 Å². The Morgan fingerprint density at radius 3 is 2.41 bits per heavy atom. The highest BCUT2D eigenvalue weighted by Crippen LogP contribution is 2.60. The molecule has 1 aromatic rings. The van der Waals surface area contributed by atoms with Gasteiger partial charge in [0.1, 0.15) is 6.61 Å². The van der Waals surface area contributed by atoms with Gasteiger partial charge in [-0.15, -0.1) is 0 Å². The third kappa shape index (κ3) is 3.77. The van der Waals surface area contributed by atoms with Gasteiger partial charge in [-0.05, 0) is 19.4 Å². The zero-order chi connectivity index (χ0) is 16.0. The first-order valence-electron chi connectivity index (χ1n) is 7.21. The SMILES string of the molecule is CCOP(=O)(OCC)/C(=C/N1CCOC1=O)c1ccccc1. The van der Waals surface area contributed by atoms with Crippen LogP contribution in [0.2, 0.25) is 0 Å². The fraction of sp³-hybridized carbons (Fsp3) is 0.400. The number of nitrogens with zero attached hydrogens (tertiary/aromatic N) is 1. The van der Waals surface area contributed by atoms with Crippen molar-refractivity contribution < 1.29 is 23.1 Å². The van der Waals surface area contributed by atoms with E-state index in [4.69, 9.17) is 13.8 Å². The van der Waals surface area contributed by atoms with Crippen LogP contribution in [-0.2, 0) is 18.3 Å². The molecule has 1 amide bonds. The summed E-state index contributed by atoms with van der Waals surface area (Å²) in [5.74, 6) is 0. The molecule has 0 radical (unpaired) electrons. The maximum Gasteiger partial charge on any atom is 0.414 e. The summed E-state index contributed by atoms with van der Waals surface area (Å²) in [6.45, 7) is 4.70. The number of carbonyl (C=O) groups is 1. The van der Waals surface area contributed by atoms with E-state index in [1.165, 1.54) is 11.1 Å². The quantitative estimate of drug-likeness (QED) is 0.715. The van der Waals surface area contributed by atoms with Crippen LogP contribution in [0.15, 0.2) is 36.5 Å². The van der Waals surface area contributed by atoms with E-state index in [0.29, 0.717) is 24.0 Å². The molecule has 1 aliphatic heterocycles. The van der Waals surface area contributed by atoms with Crippen molar-refractivity contribution in [3.05, 3.63) is 42.1 Å². The van der Waals surface area contributed by atoms with Crippen molar-refractivity contribution in [1.29, 1.82) is 0 Å². The smallest absolute Gasteiger partial charge is 0.414 e. The van der Waals surface area contributed by atoms with Crippen molar-refractivity contribution in [2.45, 2.75) is 13.8 Å². The number of cyclic esters (lactones) is 1. The summed E-state index contributed by atoms with van der Waals surface area (Å²) in [4.78, 5) is 13.1. The van der Waals surface area contributed by atoms with Crippen LogP contribution < -0.4 is 0 Å². The molecule has 0 saturated carbocycles. The summed E-state index contributed by atoms with van der Waals surface area (Å²) >= 11 is 0. The summed E-state index contributed by atoms with van der Waals surface area (Å²) in [5, 5.41) is 0.357. The first-order valence-corrected chi connectivity index (χ1v) is 8.75. The van der Waals surface area contributed by atoms with Gasteiger partial charge in [0, 0.05) is 6.20 Å². The molecule has 0 spiro atoms. The lowest BCUT2D eigenvalue weighted by atomic mass is 10.2. The van der Waals surface area contributed by atoms with E-state index in [1.807, 2.05) is 18.2 Å². The van der Waals surface area contributed by atoms with Gasteiger partial charge in [-0.3, -0.25) is 9.46 Å². The van der Waals surface area contributed by atoms with Gasteiger partial charge in [-0.2, -0.15) is 0 Å². The molecule has 0 unspecified atom stereocenters. The first kappa shape index (κ1) is 16.7. The number of benzene rings is 1. The zero-order valence-corrected chi connectivity index (χ0v) is 13.6. The second-order valence-corrected chi connectivity index (χ2v) is 6.51. The molecule has 1 heterocycles. The normalized spacial score (nSPS) is 16.0. The Hall–Kier alpha value is -1.62. The Morgan fingerprint density at radius 2 is 1.91 bits per heavy atom. The number of rotatable bonds is 7. The van der Waals surface area contributed by atoms with Gasteiger partial charge in [-0.25, -0.2) is 4.79 Å². The largest absolute Gasteiger partial charge is 0.447 e. The van der Waals surface area contributed by atoms with E-state index in [2.05, 4.69) is 0 Å². The molecule has 1 saturated heterocycles. The minimum Gasteiger partial charge on any atom is -0.447 e. The van der Waals surface area contributed by atoms with Crippen LogP contribution in [-0.4, -0.2) is 37.4 Å². The number of carbonyl (C=O) groups excluding carboxylic acids is 1. The molecule has 2 rings (SSSR count). The summed E-state index contributed by atoms with van der Waals surface area (Å²) < 4.78 is 28.9. The summed E-state index contributed by atoms with van der Waals surface area (Å²) in [6, 6.07) is 9.12. The molecule has 1 fully saturated rings. The van der Waals surface area contributed by atoms with Gasteiger partial charge in [-0.1, -0.05) is 30.3 Å². The minimum absolute atomic E-state index is 0.242. The van der Waals surface area contributed by atoms with Gasteiger partial charge in [0.15, 0.2) is 0 Å². The average molecular weight is 325 g/mol. The average Bonchev–Trinajstić information content (AvgIpc) is 2.91. The Bertz CT molecular complexity index is 577. The molecule has 22 heavy (non-hydrogen) atoms. The van der Waals surface area contributed by atoms with Crippen LogP contribution in [0.25, 0.3) is 5.31 Å². The van der Waals surface area contributed by atoms with E-state index in [9.17, 15) is 9.36 Å². The molecule has 0 atom stereocenters. The second kappa shape index (κ2) is 7.58. The predicted molar refractivity (Wildman–Crippen MR) is 83.3 cm³/mol. The lowest BCUT2D eigenvalue weighted by Gasteiger charge is -2.21. The lowest BCUT2D eigenvalue weighted by Crippen LogP contribution is -2.18. The molecule has 0 N–H and O–H groups in total. The Kier molecular flexibility index (Phi) is 5.77. The summed E-state index contributed by atoms with van der Waals surface area (Å²) in [6.07, 6.45) is 1.05. The first-order chi connectivity index (χ1) is 10.6. The van der Waals surface area contributed by atoms with Gasteiger partial charge in [0.05, 0.1) is 25.1 Å². The van der Waals surface area contributed by atoms with Crippen LogP contribution in [0.3, 0.4) is 0 Å². The van der Waals surface area contributed by atoms with Crippen LogP contribution in [0.5, 0.6) is 0 Å². The van der Waals surface area contributed by atoms with E-state index in [0.717, 1.165) is 0 Å². The van der Waals surface area contributed by atoms with Crippen molar-refractivity contribution in [3.63, 3.8) is 0 Å². The van der Waals surface area contributed by atoms with E-state index in [-0.39, 0.29) is 13.2 Å². The van der Waals surface area contributed by atoms with Gasteiger partial charge < -0.3 is 13.8 Å². The molecule has 0 aliphatic carbocycles. The van der Waals surface area contributed by atoms with Crippen molar-refractivity contribution >= 4 is 19.0 Å². The Morgan fingerprint density at radius 1 is 1.27 bits per heavy atom. The van der Waals surface area contributed by atoms with Crippen LogP contribution in [0.4, 0.5) is 4.79 Å². The Labute approximate surface area is 130 Å². The molecule has 1 aliphatic rings. The van der Waals surface area contributed by atoms with E-state index >= 15 is 0 Å². The maximum atomic E-state index is 13.1. The summed E-state index contributed by atoms with van der Waals surface area (Å²) in [7, 11) is -3.52. The molecule has 7 heteroatoms. The van der Waals surface area contributed by atoms with Crippen molar-refractivity contribution in [2.24, 2.45) is 0 Å². The minimum atomic E-state index is -3.52. The standard InChI is InChI=1S/C15H20NO5P/c1-3-20-22(18,21-4-2)14(13-8-6-5-7-9-13)12-16-10-11-19-15(16)17/h5-9,12H,3-4,10-11H2,1-2H3/b14-12+. The van der Waals surface area contributed by atoms with E-state index in [1.54, 1.807) is 26.0 Å². The molecule has 120 valence electrons. The molecular formula is C15H20NO5P. The maximum absolute atomic E-state index is 13.1. The van der Waals surface area contributed by atoms with Crippen LogP contribution in [0, 0.1) is 0 Å². The molecule has 6 nitrogen and oxygen atoms in total. The van der Waals surface area contributed by atoms with Gasteiger partial charge >= 0.3 is 13.7 Å². The third-order valence-electron chi connectivity index (χ3n) is 3.03. The second-order valence-electron chi connectivity index (χ2n) is 4.52. The van der Waals surface area contributed by atoms with E-state index < -0.39 is 13.7 Å². The monoisotopic (exact) mass is 325 g/mol. The topological polar surface area (TPSA) is 65.1 Å². The summed E-state index contributed by atoms with van der Waals surface area (Å²) in [5.41, 5.74) is 0.687. The van der Waals surface area contributed by atoms with Crippen LogP contribution in [0.1, 0.15) is 19.4 Å². The fourth-order valence-electron chi connectivity index (χ4n) is 2.10. The van der Waals surface area contributed by atoms with Gasteiger partial charge in [0.25, 0.3) is 0 Å². The highest BCUT2D eigenvalue weighted by molar-refractivity contribution is 7.65. The predicted octanol–water partition coefficient (Wildman–Crippen LogP) is 3.70. The highest BCUT2D eigenvalue weighted by atomic mass is 31.2. The molecule has 1 aromatic carbocycles. The number of ether oxygens (including phenoxy) is 1. The zero-order valence-electron chi connectivity index (χ0n) is 12.7. The molecular weight excluding hydrogens is 305 g/mol. The molecule has 0 bridgehead atoms. The fourth-order valence-corrected chi connectivity index (χ4v) is 3.88. The van der Waals surface area contributed by atoms with Crippen LogP contribution >= 0.6 is 7.60 Å². The van der Waals surface area contributed by atoms with Gasteiger partial charge in [0.2, 0.25) is 0 Å². The number of amides is 1. The highest BCUT2D eigenvalue weighted by Gasteiger charge is 2.33. The Balaban J connectivity index is 2.47. The van der Waals surface area contributed by atoms with Crippen molar-refractivity contribution in [1.82, 2.24) is 4.90 Å². The van der Waals surface area contributed by atoms with Crippen molar-refractivity contribution in [2.75, 3.05) is 26.4 Å².